The Balaban J connectivity index is 1.77. The van der Waals surface area contributed by atoms with Gasteiger partial charge in [0.05, 0.1) is 6.54 Å². The molecule has 0 bridgehead atoms. The van der Waals surface area contributed by atoms with Crippen molar-refractivity contribution < 1.29 is 9.59 Å². The van der Waals surface area contributed by atoms with Crippen LogP contribution in [0.5, 0.6) is 0 Å². The normalized spacial score (nSPS) is 24.2. The Kier molecular flexibility index (Phi) is 7.04. The van der Waals surface area contributed by atoms with Gasteiger partial charge in [-0.2, -0.15) is 0 Å². The van der Waals surface area contributed by atoms with E-state index in [0.717, 1.165) is 19.5 Å². The van der Waals surface area contributed by atoms with Crippen LogP contribution < -0.4 is 10.6 Å². The molecule has 0 aromatic heterocycles. The lowest BCUT2D eigenvalue weighted by Crippen LogP contribution is -2.53. The van der Waals surface area contributed by atoms with Gasteiger partial charge in [0.1, 0.15) is 0 Å². The first-order valence-electron chi connectivity index (χ1n) is 9.42. The number of nitrogens with zero attached hydrogens (tertiary/aromatic N) is 2. The fourth-order valence-corrected chi connectivity index (χ4v) is 3.67. The molecule has 0 unspecified atom stereocenters. The Labute approximate surface area is 146 Å². The number of amides is 3. The zero-order valence-electron chi connectivity index (χ0n) is 15.6. The molecule has 2 saturated heterocycles. The van der Waals surface area contributed by atoms with Gasteiger partial charge in [0.15, 0.2) is 0 Å². The van der Waals surface area contributed by atoms with Crippen molar-refractivity contribution in [1.29, 1.82) is 0 Å². The molecule has 2 fully saturated rings. The minimum Gasteiger partial charge on any atom is -0.333 e. The van der Waals surface area contributed by atoms with E-state index in [4.69, 9.17) is 0 Å². The Morgan fingerprint density at radius 1 is 1.00 bits per heavy atom. The van der Waals surface area contributed by atoms with Gasteiger partial charge in [0.2, 0.25) is 5.91 Å². The average Bonchev–Trinajstić information content (AvgIpc) is 2.74. The molecule has 2 heterocycles. The lowest BCUT2D eigenvalue weighted by molar-refractivity contribution is -0.121. The minimum absolute atomic E-state index is 0.215. The molecular weight excluding hydrogens is 304 g/mol. The zero-order chi connectivity index (χ0) is 17.6. The van der Waals surface area contributed by atoms with Crippen LogP contribution in [-0.4, -0.2) is 66.0 Å². The molecule has 1 atom stereocenters. The van der Waals surface area contributed by atoms with Gasteiger partial charge in [-0.3, -0.25) is 19.9 Å². The maximum Gasteiger partial charge on any atom is 0.321 e. The van der Waals surface area contributed by atoms with Crippen molar-refractivity contribution in [3.63, 3.8) is 0 Å². The van der Waals surface area contributed by atoms with Gasteiger partial charge < -0.3 is 5.32 Å². The molecule has 0 saturated carbocycles. The summed E-state index contributed by atoms with van der Waals surface area (Å²) < 4.78 is 0. The summed E-state index contributed by atoms with van der Waals surface area (Å²) in [7, 11) is 0. The quantitative estimate of drug-likeness (QED) is 0.825. The van der Waals surface area contributed by atoms with Crippen LogP contribution in [0.4, 0.5) is 4.79 Å². The van der Waals surface area contributed by atoms with Crippen LogP contribution in [0.1, 0.15) is 59.3 Å². The standard InChI is InChI=1S/C18H34N4O2/c1-18(2,3)20-17(24)19-16(23)14-21-10-8-9-15(13-21)22-11-6-4-5-7-12-22/h15H,4-14H2,1-3H3,(H2,19,20,23,24)/t15-/m1/s1. The number of likely N-dealkylation sites (tertiary alicyclic amines) is 2. The van der Waals surface area contributed by atoms with Gasteiger partial charge in [-0.1, -0.05) is 12.8 Å². The van der Waals surface area contributed by atoms with Crippen molar-refractivity contribution in [2.45, 2.75) is 70.9 Å². The first kappa shape index (κ1) is 19.2. The fraction of sp³-hybridized carbons (Fsp3) is 0.889. The lowest BCUT2D eigenvalue weighted by Gasteiger charge is -2.38. The predicted octanol–water partition coefficient (Wildman–Crippen LogP) is 1.95. The van der Waals surface area contributed by atoms with Crippen LogP contribution in [0.3, 0.4) is 0 Å². The molecule has 6 heteroatoms. The van der Waals surface area contributed by atoms with Crippen LogP contribution in [-0.2, 0) is 4.79 Å². The third-order valence-corrected chi connectivity index (χ3v) is 4.75. The molecule has 24 heavy (non-hydrogen) atoms. The summed E-state index contributed by atoms with van der Waals surface area (Å²) in [5.74, 6) is -0.215. The number of hydrogen-bond acceptors (Lipinski definition) is 4. The number of urea groups is 1. The van der Waals surface area contributed by atoms with E-state index in [1.807, 2.05) is 20.8 Å². The fourth-order valence-electron chi connectivity index (χ4n) is 3.67. The third kappa shape index (κ3) is 6.77. The summed E-state index contributed by atoms with van der Waals surface area (Å²) in [4.78, 5) is 28.7. The SMILES string of the molecule is CC(C)(C)NC(=O)NC(=O)CN1CCC[C@@H](N2CCCCCC2)C1. The van der Waals surface area contributed by atoms with E-state index in [9.17, 15) is 9.59 Å². The Hall–Kier alpha value is -1.14. The zero-order valence-corrected chi connectivity index (χ0v) is 15.6. The van der Waals surface area contributed by atoms with E-state index < -0.39 is 6.03 Å². The topological polar surface area (TPSA) is 64.7 Å². The van der Waals surface area contributed by atoms with Crippen molar-refractivity contribution in [3.8, 4) is 0 Å². The molecule has 3 amide bonds. The van der Waals surface area contributed by atoms with E-state index >= 15 is 0 Å². The smallest absolute Gasteiger partial charge is 0.321 e. The van der Waals surface area contributed by atoms with Crippen LogP contribution in [0.25, 0.3) is 0 Å². The van der Waals surface area contributed by atoms with Gasteiger partial charge in [-0.15, -0.1) is 0 Å². The van der Waals surface area contributed by atoms with Crippen molar-refractivity contribution in [2.24, 2.45) is 0 Å². The number of piperidine rings is 1. The van der Waals surface area contributed by atoms with Crippen LogP contribution in [0, 0.1) is 0 Å². The van der Waals surface area contributed by atoms with Crippen LogP contribution >= 0.6 is 0 Å². The number of rotatable bonds is 3. The molecule has 0 aromatic carbocycles. The summed E-state index contributed by atoms with van der Waals surface area (Å²) >= 11 is 0. The summed E-state index contributed by atoms with van der Waals surface area (Å²) in [6.07, 6.45) is 7.63. The number of hydrogen-bond donors (Lipinski definition) is 2. The highest BCUT2D eigenvalue weighted by atomic mass is 16.2. The third-order valence-electron chi connectivity index (χ3n) is 4.75. The summed E-state index contributed by atoms with van der Waals surface area (Å²) in [6.45, 7) is 10.3. The molecule has 2 aliphatic heterocycles. The molecular formula is C18H34N4O2. The van der Waals surface area contributed by atoms with E-state index in [0.29, 0.717) is 12.6 Å². The molecule has 0 spiro atoms. The first-order chi connectivity index (χ1) is 11.3. The summed E-state index contributed by atoms with van der Waals surface area (Å²) in [5.41, 5.74) is -0.340. The number of imide groups is 1. The minimum atomic E-state index is -0.409. The van der Waals surface area contributed by atoms with Gasteiger partial charge in [-0.25, -0.2) is 4.79 Å². The molecule has 6 nitrogen and oxygen atoms in total. The Morgan fingerprint density at radius 3 is 2.29 bits per heavy atom. The first-order valence-corrected chi connectivity index (χ1v) is 9.42. The highest BCUT2D eigenvalue weighted by molar-refractivity contribution is 5.95. The largest absolute Gasteiger partial charge is 0.333 e. The Morgan fingerprint density at radius 2 is 1.67 bits per heavy atom. The molecule has 2 aliphatic rings. The van der Waals surface area contributed by atoms with E-state index in [2.05, 4.69) is 20.4 Å². The second-order valence-corrected chi connectivity index (χ2v) is 8.23. The lowest BCUT2D eigenvalue weighted by atomic mass is 10.0. The Bertz CT molecular complexity index is 425. The van der Waals surface area contributed by atoms with Crippen molar-refractivity contribution in [3.05, 3.63) is 0 Å². The predicted molar refractivity (Wildman–Crippen MR) is 95.9 cm³/mol. The second-order valence-electron chi connectivity index (χ2n) is 8.23. The average molecular weight is 338 g/mol. The maximum atomic E-state index is 12.1. The van der Waals surface area contributed by atoms with Crippen molar-refractivity contribution in [1.82, 2.24) is 20.4 Å². The molecule has 0 aliphatic carbocycles. The van der Waals surface area contributed by atoms with Crippen molar-refractivity contribution >= 4 is 11.9 Å². The van der Waals surface area contributed by atoms with Crippen LogP contribution in [0.2, 0.25) is 0 Å². The molecule has 138 valence electrons. The van der Waals surface area contributed by atoms with Gasteiger partial charge >= 0.3 is 6.03 Å². The highest BCUT2D eigenvalue weighted by Gasteiger charge is 2.27. The highest BCUT2D eigenvalue weighted by Crippen LogP contribution is 2.19. The number of carbonyl (C=O) groups excluding carboxylic acids is 2. The van der Waals surface area contributed by atoms with Gasteiger partial charge in [0.25, 0.3) is 0 Å². The van der Waals surface area contributed by atoms with E-state index in [1.165, 1.54) is 45.2 Å². The monoisotopic (exact) mass is 338 g/mol. The summed E-state index contributed by atoms with van der Waals surface area (Å²) in [5, 5.41) is 5.20. The van der Waals surface area contributed by atoms with Gasteiger partial charge in [-0.05, 0) is 66.1 Å². The maximum absolute atomic E-state index is 12.1. The van der Waals surface area contributed by atoms with Gasteiger partial charge in [0, 0.05) is 18.1 Å². The summed E-state index contributed by atoms with van der Waals surface area (Å²) in [6, 6.07) is 0.154. The molecule has 0 aromatic rings. The van der Waals surface area contributed by atoms with Crippen molar-refractivity contribution in [2.75, 3.05) is 32.7 Å². The molecule has 2 N–H and O–H groups in total. The molecule has 0 radical (unpaired) electrons. The van der Waals surface area contributed by atoms with E-state index in [1.54, 1.807) is 0 Å². The van der Waals surface area contributed by atoms with E-state index in [-0.39, 0.29) is 11.4 Å². The molecule has 2 rings (SSSR count). The van der Waals surface area contributed by atoms with Crippen LogP contribution in [0.15, 0.2) is 0 Å². The number of carbonyl (C=O) groups is 2. The second kappa shape index (κ2) is 8.81. The number of nitrogens with one attached hydrogen (secondary N) is 2.